The van der Waals surface area contributed by atoms with Crippen LogP contribution >= 0.6 is 0 Å². The minimum atomic E-state index is 0.134. The molecule has 18 heavy (non-hydrogen) atoms. The Hall–Kier alpha value is -0.870. The number of aromatic nitrogens is 2. The Morgan fingerprint density at radius 3 is 2.61 bits per heavy atom. The SMILES string of the molecule is CC(N)C(c1cnn(C)c1)N1CCC(C)C(C)C1. The van der Waals surface area contributed by atoms with E-state index in [9.17, 15) is 0 Å². The van der Waals surface area contributed by atoms with Gasteiger partial charge >= 0.3 is 0 Å². The van der Waals surface area contributed by atoms with E-state index in [1.54, 1.807) is 0 Å². The van der Waals surface area contributed by atoms with Crippen molar-refractivity contribution in [2.24, 2.45) is 24.6 Å². The molecule has 2 heterocycles. The number of aryl methyl sites for hydroxylation is 1. The quantitative estimate of drug-likeness (QED) is 0.889. The van der Waals surface area contributed by atoms with Crippen molar-refractivity contribution < 1.29 is 0 Å². The zero-order valence-corrected chi connectivity index (χ0v) is 12.0. The van der Waals surface area contributed by atoms with Crippen LogP contribution in [-0.4, -0.2) is 33.8 Å². The van der Waals surface area contributed by atoms with Crippen molar-refractivity contribution in [3.8, 4) is 0 Å². The Balaban J connectivity index is 2.16. The Labute approximate surface area is 110 Å². The van der Waals surface area contributed by atoms with Gasteiger partial charge in [0.25, 0.3) is 0 Å². The molecule has 1 aliphatic heterocycles. The molecule has 1 aliphatic rings. The van der Waals surface area contributed by atoms with Crippen molar-refractivity contribution in [3.63, 3.8) is 0 Å². The molecule has 0 spiro atoms. The van der Waals surface area contributed by atoms with Gasteiger partial charge in [0.05, 0.1) is 12.2 Å². The van der Waals surface area contributed by atoms with Crippen LogP contribution in [0.4, 0.5) is 0 Å². The van der Waals surface area contributed by atoms with E-state index < -0.39 is 0 Å². The fourth-order valence-electron chi connectivity index (χ4n) is 2.99. The first-order chi connectivity index (χ1) is 8.49. The molecule has 4 heteroatoms. The van der Waals surface area contributed by atoms with Crippen molar-refractivity contribution in [1.82, 2.24) is 14.7 Å². The van der Waals surface area contributed by atoms with Crippen LogP contribution in [0.5, 0.6) is 0 Å². The number of hydrogen-bond donors (Lipinski definition) is 1. The Kier molecular flexibility index (Phi) is 4.07. The van der Waals surface area contributed by atoms with Crippen LogP contribution in [-0.2, 0) is 7.05 Å². The van der Waals surface area contributed by atoms with Crippen molar-refractivity contribution in [1.29, 1.82) is 0 Å². The highest BCUT2D eigenvalue weighted by molar-refractivity contribution is 5.13. The van der Waals surface area contributed by atoms with Crippen LogP contribution in [0.3, 0.4) is 0 Å². The van der Waals surface area contributed by atoms with Crippen LogP contribution in [0.1, 0.15) is 38.8 Å². The molecule has 4 unspecified atom stereocenters. The van der Waals surface area contributed by atoms with Crippen molar-refractivity contribution >= 4 is 0 Å². The van der Waals surface area contributed by atoms with Gasteiger partial charge in [-0.1, -0.05) is 13.8 Å². The first-order valence-corrected chi connectivity index (χ1v) is 6.97. The third-order valence-corrected chi connectivity index (χ3v) is 4.32. The van der Waals surface area contributed by atoms with Gasteiger partial charge in [0.15, 0.2) is 0 Å². The third-order valence-electron chi connectivity index (χ3n) is 4.32. The fourth-order valence-corrected chi connectivity index (χ4v) is 2.99. The smallest absolute Gasteiger partial charge is 0.0538 e. The lowest BCUT2D eigenvalue weighted by molar-refractivity contribution is 0.0851. The van der Waals surface area contributed by atoms with Gasteiger partial charge in [-0.05, 0) is 31.7 Å². The largest absolute Gasteiger partial charge is 0.326 e. The van der Waals surface area contributed by atoms with Gasteiger partial charge in [-0.3, -0.25) is 9.58 Å². The summed E-state index contributed by atoms with van der Waals surface area (Å²) in [6.45, 7) is 9.08. The van der Waals surface area contributed by atoms with Gasteiger partial charge in [0.2, 0.25) is 0 Å². The number of nitrogens with two attached hydrogens (primary N) is 1. The van der Waals surface area contributed by atoms with E-state index >= 15 is 0 Å². The summed E-state index contributed by atoms with van der Waals surface area (Å²) in [4.78, 5) is 2.53. The number of likely N-dealkylation sites (tertiary alicyclic amines) is 1. The molecule has 0 aromatic carbocycles. The Morgan fingerprint density at radius 2 is 2.11 bits per heavy atom. The zero-order chi connectivity index (χ0) is 13.3. The minimum absolute atomic E-state index is 0.134. The Bertz CT molecular complexity index is 385. The molecule has 0 radical (unpaired) electrons. The van der Waals surface area contributed by atoms with Gasteiger partial charge < -0.3 is 5.73 Å². The monoisotopic (exact) mass is 250 g/mol. The molecule has 102 valence electrons. The molecule has 1 fully saturated rings. The number of rotatable bonds is 3. The molecule has 1 saturated heterocycles. The van der Waals surface area contributed by atoms with E-state index in [4.69, 9.17) is 5.73 Å². The second-order valence-electron chi connectivity index (χ2n) is 5.99. The molecule has 0 bridgehead atoms. The van der Waals surface area contributed by atoms with Crippen LogP contribution in [0.25, 0.3) is 0 Å². The molecule has 1 aromatic rings. The summed E-state index contributed by atoms with van der Waals surface area (Å²) >= 11 is 0. The molecule has 4 atom stereocenters. The summed E-state index contributed by atoms with van der Waals surface area (Å²) in [6, 6.07) is 0.434. The average Bonchev–Trinajstić information content (AvgIpc) is 2.70. The maximum absolute atomic E-state index is 6.21. The van der Waals surface area contributed by atoms with E-state index in [0.29, 0.717) is 6.04 Å². The lowest BCUT2D eigenvalue weighted by Crippen LogP contribution is -2.46. The normalized spacial score (nSPS) is 29.2. The summed E-state index contributed by atoms with van der Waals surface area (Å²) in [5, 5.41) is 4.28. The molecule has 2 rings (SSSR count). The predicted octanol–water partition coefficient (Wildman–Crippen LogP) is 1.79. The highest BCUT2D eigenvalue weighted by atomic mass is 15.3. The molecule has 4 nitrogen and oxygen atoms in total. The van der Waals surface area contributed by atoms with Crippen LogP contribution < -0.4 is 5.73 Å². The molecule has 0 aliphatic carbocycles. The molecule has 0 amide bonds. The summed E-state index contributed by atoms with van der Waals surface area (Å²) in [5.41, 5.74) is 7.45. The number of piperidine rings is 1. The van der Waals surface area contributed by atoms with E-state index in [2.05, 4.69) is 37.0 Å². The van der Waals surface area contributed by atoms with Crippen LogP contribution in [0, 0.1) is 11.8 Å². The summed E-state index contributed by atoms with van der Waals surface area (Å²) in [5.74, 6) is 1.57. The average molecular weight is 250 g/mol. The summed E-state index contributed by atoms with van der Waals surface area (Å²) in [7, 11) is 1.96. The van der Waals surface area contributed by atoms with E-state index in [-0.39, 0.29) is 6.04 Å². The molecule has 1 aromatic heterocycles. The van der Waals surface area contributed by atoms with Crippen LogP contribution in [0.2, 0.25) is 0 Å². The maximum atomic E-state index is 6.21. The third kappa shape index (κ3) is 2.75. The second-order valence-corrected chi connectivity index (χ2v) is 5.99. The first-order valence-electron chi connectivity index (χ1n) is 6.97. The van der Waals surface area contributed by atoms with Crippen molar-refractivity contribution in [2.45, 2.75) is 39.3 Å². The van der Waals surface area contributed by atoms with Gasteiger partial charge in [-0.2, -0.15) is 5.10 Å². The summed E-state index contributed by atoms with van der Waals surface area (Å²) in [6.07, 6.45) is 5.32. The van der Waals surface area contributed by atoms with Gasteiger partial charge in [-0.25, -0.2) is 0 Å². The topological polar surface area (TPSA) is 47.1 Å². The lowest BCUT2D eigenvalue weighted by atomic mass is 9.86. The van der Waals surface area contributed by atoms with Crippen molar-refractivity contribution in [3.05, 3.63) is 18.0 Å². The zero-order valence-electron chi connectivity index (χ0n) is 12.0. The second kappa shape index (κ2) is 5.41. The predicted molar refractivity (Wildman–Crippen MR) is 74.1 cm³/mol. The maximum Gasteiger partial charge on any atom is 0.0538 e. The van der Waals surface area contributed by atoms with E-state index in [1.165, 1.54) is 12.0 Å². The lowest BCUT2D eigenvalue weighted by Gasteiger charge is -2.41. The van der Waals surface area contributed by atoms with Gasteiger partial charge in [0, 0.05) is 31.4 Å². The van der Waals surface area contributed by atoms with E-state index in [1.807, 2.05) is 17.9 Å². The Morgan fingerprint density at radius 1 is 1.39 bits per heavy atom. The van der Waals surface area contributed by atoms with Crippen LogP contribution in [0.15, 0.2) is 12.4 Å². The molecular weight excluding hydrogens is 224 g/mol. The summed E-state index contributed by atoms with van der Waals surface area (Å²) < 4.78 is 1.86. The number of hydrogen-bond acceptors (Lipinski definition) is 3. The van der Waals surface area contributed by atoms with Gasteiger partial charge in [0.1, 0.15) is 0 Å². The fraction of sp³-hybridized carbons (Fsp3) is 0.786. The first kappa shape index (κ1) is 13.6. The van der Waals surface area contributed by atoms with Crippen molar-refractivity contribution in [2.75, 3.05) is 13.1 Å². The highest BCUT2D eigenvalue weighted by Gasteiger charge is 2.31. The standard InChI is InChI=1S/C14H26N4/c1-10-5-6-18(8-11(10)2)14(12(3)15)13-7-16-17(4)9-13/h7,9-12,14H,5-6,8,15H2,1-4H3. The molecule has 0 saturated carbocycles. The van der Waals surface area contributed by atoms with Gasteiger partial charge in [-0.15, -0.1) is 0 Å². The highest BCUT2D eigenvalue weighted by Crippen LogP contribution is 2.30. The molecule has 2 N–H and O–H groups in total. The molecular formula is C14H26N4. The van der Waals surface area contributed by atoms with E-state index in [0.717, 1.165) is 24.9 Å². The number of nitrogens with zero attached hydrogens (tertiary/aromatic N) is 3. The minimum Gasteiger partial charge on any atom is -0.326 e.